The molecule has 4 rings (SSSR count). The molecule has 1 saturated heterocycles. The highest BCUT2D eigenvalue weighted by Gasteiger charge is 2.32. The second-order valence-electron chi connectivity index (χ2n) is 11.0. The minimum absolute atomic E-state index is 0.0611. The summed E-state index contributed by atoms with van der Waals surface area (Å²) in [6.45, 7) is 13.7. The Hall–Kier alpha value is -3.29. The van der Waals surface area contributed by atoms with Gasteiger partial charge < -0.3 is 9.80 Å². The molecule has 2 amide bonds. The van der Waals surface area contributed by atoms with Crippen LogP contribution in [0.25, 0.3) is 16.9 Å². The van der Waals surface area contributed by atoms with Crippen LogP contribution in [0.4, 0.5) is 4.39 Å². The predicted molar refractivity (Wildman–Crippen MR) is 134 cm³/mol. The molecule has 1 aliphatic heterocycles. The number of hydrogen-bond acceptors (Lipinski definition) is 4. The van der Waals surface area contributed by atoms with Gasteiger partial charge in [-0.15, -0.1) is 0 Å². The fourth-order valence-corrected chi connectivity index (χ4v) is 4.52. The Bertz CT molecular complexity index is 1240. The summed E-state index contributed by atoms with van der Waals surface area (Å²) in [6.07, 6.45) is 2.15. The topological polar surface area (TPSA) is 70.8 Å². The van der Waals surface area contributed by atoms with Gasteiger partial charge in [-0.25, -0.2) is 13.9 Å². The summed E-state index contributed by atoms with van der Waals surface area (Å²) in [5.41, 5.74) is 3.34. The van der Waals surface area contributed by atoms with Crippen molar-refractivity contribution in [2.75, 3.05) is 19.6 Å². The van der Waals surface area contributed by atoms with Crippen molar-refractivity contribution in [3.63, 3.8) is 0 Å². The van der Waals surface area contributed by atoms with Gasteiger partial charge in [0.25, 0.3) is 5.91 Å². The molecule has 0 spiro atoms. The van der Waals surface area contributed by atoms with Gasteiger partial charge in [0.1, 0.15) is 11.5 Å². The molecule has 3 aromatic rings. The summed E-state index contributed by atoms with van der Waals surface area (Å²) in [5, 5.41) is 4.66. The zero-order chi connectivity index (χ0) is 25.5. The van der Waals surface area contributed by atoms with Gasteiger partial charge >= 0.3 is 0 Å². The van der Waals surface area contributed by atoms with Crippen LogP contribution >= 0.6 is 0 Å². The standard InChI is InChI=1S/C27H34FN5O2/c1-17(2)21-13-22(19-7-9-20(28)10-8-19)30-33-16-23(29-25(21)33)26(35)31-11-12-32(18(3)15-31)24(34)14-27(4,5)6/h7-10,13,16-18H,11-12,14-15H2,1-6H3. The number of aromatic nitrogens is 3. The summed E-state index contributed by atoms with van der Waals surface area (Å²) < 4.78 is 15.0. The Balaban J connectivity index is 1.58. The monoisotopic (exact) mass is 479 g/mol. The molecule has 0 bridgehead atoms. The molecule has 8 heteroatoms. The molecule has 0 radical (unpaired) electrons. The van der Waals surface area contributed by atoms with Gasteiger partial charge in [-0.2, -0.15) is 5.10 Å². The molecular formula is C27H34FN5O2. The van der Waals surface area contributed by atoms with Crippen molar-refractivity contribution < 1.29 is 14.0 Å². The summed E-state index contributed by atoms with van der Waals surface area (Å²) in [5.74, 6) is -0.182. The second-order valence-corrected chi connectivity index (χ2v) is 11.0. The van der Waals surface area contributed by atoms with E-state index in [2.05, 4.69) is 44.7 Å². The smallest absolute Gasteiger partial charge is 0.274 e. The van der Waals surface area contributed by atoms with Crippen molar-refractivity contribution in [2.45, 2.75) is 59.9 Å². The maximum absolute atomic E-state index is 13.4. The Morgan fingerprint density at radius 3 is 2.43 bits per heavy atom. The molecule has 0 saturated carbocycles. The minimum atomic E-state index is -0.302. The van der Waals surface area contributed by atoms with Gasteiger partial charge in [-0.1, -0.05) is 34.6 Å². The van der Waals surface area contributed by atoms with Crippen molar-refractivity contribution in [2.24, 2.45) is 5.41 Å². The number of halogens is 1. The Morgan fingerprint density at radius 1 is 1.14 bits per heavy atom. The molecule has 3 heterocycles. The number of piperazine rings is 1. The highest BCUT2D eigenvalue weighted by Crippen LogP contribution is 2.27. The molecule has 35 heavy (non-hydrogen) atoms. The largest absolute Gasteiger partial charge is 0.336 e. The minimum Gasteiger partial charge on any atom is -0.336 e. The maximum Gasteiger partial charge on any atom is 0.274 e. The Morgan fingerprint density at radius 2 is 1.83 bits per heavy atom. The first-order valence-corrected chi connectivity index (χ1v) is 12.2. The van der Waals surface area contributed by atoms with E-state index in [1.807, 2.05) is 17.9 Å². The zero-order valence-corrected chi connectivity index (χ0v) is 21.4. The lowest BCUT2D eigenvalue weighted by molar-refractivity contribution is -0.137. The lowest BCUT2D eigenvalue weighted by atomic mass is 9.91. The Labute approximate surface area is 205 Å². The molecule has 1 fully saturated rings. The zero-order valence-electron chi connectivity index (χ0n) is 21.4. The van der Waals surface area contributed by atoms with Gasteiger partial charge in [-0.05, 0) is 48.6 Å². The number of carbonyl (C=O) groups excluding carboxylic acids is 2. The van der Waals surface area contributed by atoms with Gasteiger partial charge in [0, 0.05) is 43.2 Å². The van der Waals surface area contributed by atoms with Crippen LogP contribution in [0.2, 0.25) is 0 Å². The average molecular weight is 480 g/mol. The number of amides is 2. The predicted octanol–water partition coefficient (Wildman–Crippen LogP) is 4.77. The van der Waals surface area contributed by atoms with Crippen LogP contribution in [0.1, 0.15) is 69.9 Å². The van der Waals surface area contributed by atoms with Crippen molar-refractivity contribution >= 4 is 17.5 Å². The molecule has 0 aliphatic carbocycles. The van der Waals surface area contributed by atoms with E-state index in [0.717, 1.165) is 11.1 Å². The first kappa shape index (κ1) is 24.8. The van der Waals surface area contributed by atoms with Crippen LogP contribution in [-0.2, 0) is 4.79 Å². The van der Waals surface area contributed by atoms with E-state index in [1.165, 1.54) is 12.1 Å². The number of imidazole rings is 1. The third-order valence-corrected chi connectivity index (χ3v) is 6.35. The van der Waals surface area contributed by atoms with Gasteiger partial charge in [0.05, 0.1) is 11.9 Å². The van der Waals surface area contributed by atoms with Crippen LogP contribution in [-0.4, -0.2) is 61.9 Å². The van der Waals surface area contributed by atoms with E-state index >= 15 is 0 Å². The summed E-state index contributed by atoms with van der Waals surface area (Å²) in [4.78, 5) is 34.4. The van der Waals surface area contributed by atoms with Gasteiger partial charge in [-0.3, -0.25) is 9.59 Å². The Kier molecular flexibility index (Phi) is 6.66. The van der Waals surface area contributed by atoms with E-state index < -0.39 is 0 Å². The number of hydrogen-bond donors (Lipinski definition) is 0. The third-order valence-electron chi connectivity index (χ3n) is 6.35. The van der Waals surface area contributed by atoms with Crippen molar-refractivity contribution in [3.8, 4) is 11.3 Å². The van der Waals surface area contributed by atoms with Crippen LogP contribution < -0.4 is 0 Å². The van der Waals surface area contributed by atoms with Gasteiger partial charge in [0.2, 0.25) is 5.91 Å². The molecule has 186 valence electrons. The number of rotatable bonds is 4. The number of nitrogens with zero attached hydrogens (tertiary/aromatic N) is 5. The van der Waals surface area contributed by atoms with E-state index in [0.29, 0.717) is 43.1 Å². The third kappa shape index (κ3) is 5.36. The first-order valence-electron chi connectivity index (χ1n) is 12.2. The van der Waals surface area contributed by atoms with Crippen LogP contribution in [0.5, 0.6) is 0 Å². The molecule has 1 aromatic carbocycles. The quantitative estimate of drug-likeness (QED) is 0.541. The fraction of sp³-hybridized carbons (Fsp3) is 0.481. The first-order chi connectivity index (χ1) is 16.4. The molecule has 1 unspecified atom stereocenters. The number of carbonyl (C=O) groups is 2. The molecule has 7 nitrogen and oxygen atoms in total. The highest BCUT2D eigenvalue weighted by atomic mass is 19.1. The summed E-state index contributed by atoms with van der Waals surface area (Å²) in [6, 6.07) is 8.10. The SMILES string of the molecule is CC(C)c1cc(-c2ccc(F)cc2)nn2cc(C(=O)N3CCN(C(=O)CC(C)(C)C)C(C)C3)nc12. The second kappa shape index (κ2) is 9.40. The van der Waals surface area contributed by atoms with Crippen molar-refractivity contribution in [3.05, 3.63) is 53.6 Å². The van der Waals surface area contributed by atoms with Crippen molar-refractivity contribution in [1.82, 2.24) is 24.4 Å². The molecule has 1 aliphatic rings. The van der Waals surface area contributed by atoms with E-state index in [9.17, 15) is 14.0 Å². The van der Waals surface area contributed by atoms with E-state index in [4.69, 9.17) is 0 Å². The maximum atomic E-state index is 13.4. The summed E-state index contributed by atoms with van der Waals surface area (Å²) >= 11 is 0. The number of benzene rings is 1. The van der Waals surface area contributed by atoms with Crippen LogP contribution in [0.3, 0.4) is 0 Å². The normalized spacial score (nSPS) is 16.9. The summed E-state index contributed by atoms with van der Waals surface area (Å²) in [7, 11) is 0. The molecule has 2 aromatic heterocycles. The van der Waals surface area contributed by atoms with Crippen LogP contribution in [0, 0.1) is 11.2 Å². The number of fused-ring (bicyclic) bond motifs is 1. The van der Waals surface area contributed by atoms with Gasteiger partial charge in [0.15, 0.2) is 5.65 Å². The van der Waals surface area contributed by atoms with Crippen molar-refractivity contribution in [1.29, 1.82) is 0 Å². The molecule has 1 atom stereocenters. The molecule has 0 N–H and O–H groups in total. The lowest BCUT2D eigenvalue weighted by Crippen LogP contribution is -2.55. The fourth-order valence-electron chi connectivity index (χ4n) is 4.52. The van der Waals surface area contributed by atoms with E-state index in [-0.39, 0.29) is 35.0 Å². The highest BCUT2D eigenvalue weighted by molar-refractivity contribution is 5.93. The molecular weight excluding hydrogens is 445 g/mol. The van der Waals surface area contributed by atoms with Crippen LogP contribution in [0.15, 0.2) is 36.5 Å². The average Bonchev–Trinajstić information content (AvgIpc) is 3.21. The van der Waals surface area contributed by atoms with E-state index in [1.54, 1.807) is 27.7 Å². The lowest BCUT2D eigenvalue weighted by Gasteiger charge is -2.40.